The van der Waals surface area contributed by atoms with Crippen molar-refractivity contribution in [2.24, 2.45) is 5.92 Å². The molecule has 0 aliphatic carbocycles. The second kappa shape index (κ2) is 7.81. The van der Waals surface area contributed by atoms with Crippen LogP contribution < -0.4 is 10.6 Å². The first kappa shape index (κ1) is 17.8. The Hall–Kier alpha value is -1.56. The van der Waals surface area contributed by atoms with Crippen LogP contribution in [0.15, 0.2) is 30.3 Å². The molecule has 1 fully saturated rings. The number of piperidine rings is 1. The minimum absolute atomic E-state index is 0. The third-order valence-corrected chi connectivity index (χ3v) is 4.40. The lowest BCUT2D eigenvalue weighted by atomic mass is 9.95. The molecule has 0 spiro atoms. The first-order valence-corrected chi connectivity index (χ1v) is 7.85. The van der Waals surface area contributed by atoms with Gasteiger partial charge in [0.2, 0.25) is 0 Å². The van der Waals surface area contributed by atoms with Crippen LogP contribution in [-0.4, -0.2) is 35.2 Å². The van der Waals surface area contributed by atoms with Gasteiger partial charge in [-0.05, 0) is 37.6 Å². The van der Waals surface area contributed by atoms with Gasteiger partial charge in [0.1, 0.15) is 5.69 Å². The summed E-state index contributed by atoms with van der Waals surface area (Å²) in [5.74, 6) is 0.299. The van der Waals surface area contributed by atoms with Crippen LogP contribution in [0.2, 0.25) is 5.02 Å². The number of H-pyrrole nitrogens is 1. The Morgan fingerprint density at radius 1 is 1.39 bits per heavy atom. The number of aromatic amines is 1. The van der Waals surface area contributed by atoms with Gasteiger partial charge in [0, 0.05) is 11.6 Å². The van der Waals surface area contributed by atoms with Crippen molar-refractivity contribution in [1.29, 1.82) is 0 Å². The fraction of sp³-hybridized carbons (Fsp3) is 0.375. The lowest BCUT2D eigenvalue weighted by molar-refractivity contribution is 0.0909. The molecule has 1 aliphatic heterocycles. The molecule has 1 aromatic heterocycles. The zero-order chi connectivity index (χ0) is 15.5. The Labute approximate surface area is 146 Å². The molecule has 1 saturated heterocycles. The molecule has 23 heavy (non-hydrogen) atoms. The normalized spacial score (nSPS) is 20.6. The molecule has 0 radical (unpaired) electrons. The monoisotopic (exact) mass is 354 g/mol. The zero-order valence-electron chi connectivity index (χ0n) is 12.8. The summed E-state index contributed by atoms with van der Waals surface area (Å²) in [7, 11) is 0. The number of carbonyl (C=O) groups excluding carboxylic acids is 1. The van der Waals surface area contributed by atoms with E-state index in [0.717, 1.165) is 25.1 Å². The highest BCUT2D eigenvalue weighted by molar-refractivity contribution is 6.33. The van der Waals surface area contributed by atoms with Gasteiger partial charge in [-0.25, -0.2) is 0 Å². The van der Waals surface area contributed by atoms with E-state index < -0.39 is 0 Å². The Balaban J connectivity index is 0.00000192. The lowest BCUT2D eigenvalue weighted by Gasteiger charge is -2.29. The third-order valence-electron chi connectivity index (χ3n) is 4.07. The zero-order valence-corrected chi connectivity index (χ0v) is 14.4. The minimum atomic E-state index is -0.121. The van der Waals surface area contributed by atoms with Crippen LogP contribution in [0.4, 0.5) is 0 Å². The number of amides is 1. The van der Waals surface area contributed by atoms with Crippen LogP contribution >= 0.6 is 24.0 Å². The molecule has 2 aromatic rings. The molecule has 1 amide bonds. The average molecular weight is 355 g/mol. The van der Waals surface area contributed by atoms with E-state index >= 15 is 0 Å². The summed E-state index contributed by atoms with van der Waals surface area (Å²) in [6, 6.07) is 9.39. The molecule has 5 nitrogen and oxygen atoms in total. The molecule has 1 aromatic carbocycles. The summed E-state index contributed by atoms with van der Waals surface area (Å²) >= 11 is 6.16. The molecule has 2 heterocycles. The molecule has 3 rings (SSSR count). The van der Waals surface area contributed by atoms with E-state index in [0.29, 0.717) is 22.3 Å². The van der Waals surface area contributed by atoms with E-state index in [1.165, 1.54) is 0 Å². The van der Waals surface area contributed by atoms with Gasteiger partial charge < -0.3 is 10.6 Å². The van der Waals surface area contributed by atoms with Crippen LogP contribution in [0.25, 0.3) is 11.3 Å². The predicted molar refractivity (Wildman–Crippen MR) is 94.2 cm³/mol. The lowest BCUT2D eigenvalue weighted by Crippen LogP contribution is -2.48. The quantitative estimate of drug-likeness (QED) is 0.793. The van der Waals surface area contributed by atoms with E-state index in [1.807, 2.05) is 24.3 Å². The maximum atomic E-state index is 12.4. The van der Waals surface area contributed by atoms with Crippen LogP contribution in [-0.2, 0) is 0 Å². The van der Waals surface area contributed by atoms with Crippen molar-refractivity contribution in [3.8, 4) is 11.3 Å². The van der Waals surface area contributed by atoms with Gasteiger partial charge in [-0.3, -0.25) is 9.89 Å². The molecule has 1 aliphatic rings. The van der Waals surface area contributed by atoms with E-state index in [9.17, 15) is 4.79 Å². The fourth-order valence-electron chi connectivity index (χ4n) is 2.72. The number of benzene rings is 1. The SMILES string of the molecule is CC1CNCCC1NC(=O)c1cc(-c2ccccc2Cl)n[nH]1.Cl. The maximum Gasteiger partial charge on any atom is 0.269 e. The summed E-state index contributed by atoms with van der Waals surface area (Å²) in [4.78, 5) is 12.4. The van der Waals surface area contributed by atoms with Crippen molar-refractivity contribution in [3.05, 3.63) is 41.0 Å². The highest BCUT2D eigenvalue weighted by Crippen LogP contribution is 2.26. The van der Waals surface area contributed by atoms with Crippen molar-refractivity contribution < 1.29 is 4.79 Å². The third kappa shape index (κ3) is 4.05. The number of nitrogens with zero attached hydrogens (tertiary/aromatic N) is 1. The summed E-state index contributed by atoms with van der Waals surface area (Å²) in [5.41, 5.74) is 1.95. The Morgan fingerprint density at radius 3 is 2.91 bits per heavy atom. The number of rotatable bonds is 3. The van der Waals surface area contributed by atoms with Gasteiger partial charge in [-0.2, -0.15) is 5.10 Å². The summed E-state index contributed by atoms with van der Waals surface area (Å²) in [5, 5.41) is 14.0. The summed E-state index contributed by atoms with van der Waals surface area (Å²) < 4.78 is 0. The van der Waals surface area contributed by atoms with Crippen molar-refractivity contribution in [2.45, 2.75) is 19.4 Å². The number of halogens is 2. The number of aromatic nitrogens is 2. The van der Waals surface area contributed by atoms with Crippen molar-refractivity contribution in [2.75, 3.05) is 13.1 Å². The van der Waals surface area contributed by atoms with Gasteiger partial charge in [-0.15, -0.1) is 12.4 Å². The molecule has 2 atom stereocenters. The van der Waals surface area contributed by atoms with E-state index in [-0.39, 0.29) is 24.4 Å². The van der Waals surface area contributed by atoms with E-state index in [2.05, 4.69) is 27.8 Å². The largest absolute Gasteiger partial charge is 0.348 e. The molecular formula is C16H20Cl2N4O. The number of nitrogens with one attached hydrogen (secondary N) is 3. The molecular weight excluding hydrogens is 335 g/mol. The van der Waals surface area contributed by atoms with Gasteiger partial charge >= 0.3 is 0 Å². The van der Waals surface area contributed by atoms with E-state index in [1.54, 1.807) is 6.07 Å². The Kier molecular flexibility index (Phi) is 6.04. The van der Waals surface area contributed by atoms with Crippen LogP contribution in [0.5, 0.6) is 0 Å². The molecule has 2 unspecified atom stereocenters. The second-order valence-electron chi connectivity index (χ2n) is 5.70. The van der Waals surface area contributed by atoms with Crippen LogP contribution in [0, 0.1) is 5.92 Å². The maximum absolute atomic E-state index is 12.4. The van der Waals surface area contributed by atoms with Gasteiger partial charge in [-0.1, -0.05) is 36.7 Å². The van der Waals surface area contributed by atoms with Gasteiger partial charge in [0.15, 0.2) is 0 Å². The van der Waals surface area contributed by atoms with Crippen molar-refractivity contribution in [3.63, 3.8) is 0 Å². The smallest absolute Gasteiger partial charge is 0.269 e. The first-order valence-electron chi connectivity index (χ1n) is 7.47. The first-order chi connectivity index (χ1) is 10.6. The number of carbonyl (C=O) groups is 1. The van der Waals surface area contributed by atoms with Crippen molar-refractivity contribution >= 4 is 29.9 Å². The average Bonchev–Trinajstić information content (AvgIpc) is 3.00. The minimum Gasteiger partial charge on any atom is -0.348 e. The summed E-state index contributed by atoms with van der Waals surface area (Å²) in [6.45, 7) is 4.00. The molecule has 0 saturated carbocycles. The topological polar surface area (TPSA) is 69.8 Å². The highest BCUT2D eigenvalue weighted by Gasteiger charge is 2.23. The summed E-state index contributed by atoms with van der Waals surface area (Å²) in [6.07, 6.45) is 0.943. The number of hydrogen-bond donors (Lipinski definition) is 3. The van der Waals surface area contributed by atoms with Crippen molar-refractivity contribution in [1.82, 2.24) is 20.8 Å². The van der Waals surface area contributed by atoms with Gasteiger partial charge in [0.05, 0.1) is 10.7 Å². The molecule has 7 heteroatoms. The van der Waals surface area contributed by atoms with Crippen LogP contribution in [0.3, 0.4) is 0 Å². The van der Waals surface area contributed by atoms with Gasteiger partial charge in [0.25, 0.3) is 5.91 Å². The predicted octanol–water partition coefficient (Wildman–Crippen LogP) is 2.88. The fourth-order valence-corrected chi connectivity index (χ4v) is 2.95. The number of hydrogen-bond acceptors (Lipinski definition) is 3. The second-order valence-corrected chi connectivity index (χ2v) is 6.10. The highest BCUT2D eigenvalue weighted by atomic mass is 35.5. The van der Waals surface area contributed by atoms with E-state index in [4.69, 9.17) is 11.6 Å². The Bertz CT molecular complexity index is 674. The molecule has 124 valence electrons. The standard InChI is InChI=1S/C16H19ClN4O.ClH/c1-10-9-18-7-6-13(10)19-16(22)15-8-14(20-21-15)11-4-2-3-5-12(11)17;/h2-5,8,10,13,18H,6-7,9H2,1H3,(H,19,22)(H,20,21);1H. The Morgan fingerprint density at radius 2 is 2.17 bits per heavy atom. The molecule has 3 N–H and O–H groups in total. The molecule has 0 bridgehead atoms. The van der Waals surface area contributed by atoms with Crippen LogP contribution in [0.1, 0.15) is 23.8 Å².